The maximum absolute atomic E-state index is 10.2. The molecule has 0 aliphatic rings. The highest BCUT2D eigenvalue weighted by Crippen LogP contribution is 2.17. The minimum atomic E-state index is -0.879. The van der Waals surface area contributed by atoms with Crippen LogP contribution in [0, 0.1) is 0 Å². The second kappa shape index (κ2) is 13.7. The molecule has 3 rings (SSSR count). The van der Waals surface area contributed by atoms with Gasteiger partial charge in [0.15, 0.2) is 0 Å². The Bertz CT molecular complexity index is 814. The van der Waals surface area contributed by atoms with Gasteiger partial charge in [0.25, 0.3) is 0 Å². The highest BCUT2D eigenvalue weighted by atomic mass is 16.4. The monoisotopic (exact) mass is 410 g/mol. The van der Waals surface area contributed by atoms with Crippen LogP contribution in [0.25, 0.3) is 0 Å². The summed E-state index contributed by atoms with van der Waals surface area (Å²) in [5.74, 6) is -1.76. The van der Waals surface area contributed by atoms with Crippen LogP contribution in [-0.2, 0) is 0 Å². The quantitative estimate of drug-likeness (QED) is 0.500. The minimum Gasteiger partial charge on any atom is -0.478 e. The van der Waals surface area contributed by atoms with Crippen LogP contribution < -0.4 is 0 Å². The van der Waals surface area contributed by atoms with E-state index >= 15 is 0 Å². The van der Waals surface area contributed by atoms with Crippen LogP contribution in [0.1, 0.15) is 45.7 Å². The number of aromatic carboxylic acids is 2. The van der Waals surface area contributed by atoms with E-state index in [4.69, 9.17) is 15.3 Å². The maximum Gasteiger partial charge on any atom is 0.335 e. The third kappa shape index (κ3) is 10.2. The number of rotatable bonds is 5. The normalized spacial score (nSPS) is 11.6. The Balaban J connectivity index is 0.000000229. The number of hydrogen-bond acceptors (Lipinski definition) is 4. The molecule has 30 heavy (non-hydrogen) atoms. The second-order valence-electron chi connectivity index (χ2n) is 6.35. The average Bonchev–Trinajstić information content (AvgIpc) is 2.76. The molecule has 0 radical (unpaired) electrons. The number of benzene rings is 3. The molecule has 2 atom stereocenters. The van der Waals surface area contributed by atoms with Crippen molar-refractivity contribution in [2.24, 2.45) is 0 Å². The molecule has 0 bridgehead atoms. The van der Waals surface area contributed by atoms with Gasteiger partial charge in [-0.25, -0.2) is 9.59 Å². The summed E-state index contributed by atoms with van der Waals surface area (Å²) >= 11 is 0. The SMILES string of the molecule is CC(O)CC(O)c1ccccc1.O=C(O)c1ccccc1.O=C(O)c1ccccc1. The zero-order valence-corrected chi connectivity index (χ0v) is 16.6. The van der Waals surface area contributed by atoms with Crippen molar-refractivity contribution in [2.75, 3.05) is 0 Å². The van der Waals surface area contributed by atoms with Gasteiger partial charge in [-0.15, -0.1) is 0 Å². The van der Waals surface area contributed by atoms with Gasteiger partial charge in [0.2, 0.25) is 0 Å². The molecule has 0 saturated carbocycles. The Morgan fingerprint density at radius 3 is 1.27 bits per heavy atom. The molecular formula is C24H26O6. The van der Waals surface area contributed by atoms with Gasteiger partial charge < -0.3 is 20.4 Å². The lowest BCUT2D eigenvalue weighted by Crippen LogP contribution is -2.07. The zero-order valence-electron chi connectivity index (χ0n) is 16.6. The summed E-state index contributed by atoms with van der Waals surface area (Å²) in [4.78, 5) is 20.4. The molecule has 158 valence electrons. The molecule has 0 heterocycles. The fourth-order valence-electron chi connectivity index (χ4n) is 2.30. The highest BCUT2D eigenvalue weighted by Gasteiger charge is 2.09. The first kappa shape index (κ1) is 24.6. The number of carbonyl (C=O) groups is 2. The van der Waals surface area contributed by atoms with Gasteiger partial charge in [0, 0.05) is 6.42 Å². The predicted molar refractivity (Wildman–Crippen MR) is 115 cm³/mol. The van der Waals surface area contributed by atoms with Gasteiger partial charge in [-0.1, -0.05) is 66.7 Å². The molecule has 3 aromatic rings. The second-order valence-corrected chi connectivity index (χ2v) is 6.35. The zero-order chi connectivity index (χ0) is 22.4. The van der Waals surface area contributed by atoms with Gasteiger partial charge in [0.05, 0.1) is 23.3 Å². The van der Waals surface area contributed by atoms with Crippen molar-refractivity contribution in [3.63, 3.8) is 0 Å². The standard InChI is InChI=1S/C10H14O2.2C7H6O2/c1-8(11)7-10(12)9-5-3-2-4-6-9;2*8-7(9)6-4-2-1-3-5-6/h2-6,8,10-12H,7H2,1H3;2*1-5H,(H,8,9). The lowest BCUT2D eigenvalue weighted by molar-refractivity contribution is 0.0686. The van der Waals surface area contributed by atoms with Crippen molar-refractivity contribution in [3.8, 4) is 0 Å². The van der Waals surface area contributed by atoms with E-state index in [2.05, 4.69) is 0 Å². The van der Waals surface area contributed by atoms with Crippen molar-refractivity contribution in [1.82, 2.24) is 0 Å². The van der Waals surface area contributed by atoms with Gasteiger partial charge >= 0.3 is 11.9 Å². The first-order chi connectivity index (χ1) is 14.3. The molecule has 3 aromatic carbocycles. The summed E-state index contributed by atoms with van der Waals surface area (Å²) in [5.41, 5.74) is 1.52. The molecule has 0 aliphatic heterocycles. The molecule has 6 heteroatoms. The molecule has 0 amide bonds. The van der Waals surface area contributed by atoms with E-state index in [1.807, 2.05) is 30.3 Å². The Labute approximate surface area is 175 Å². The largest absolute Gasteiger partial charge is 0.478 e. The van der Waals surface area contributed by atoms with Crippen LogP contribution in [0.3, 0.4) is 0 Å². The first-order valence-corrected chi connectivity index (χ1v) is 9.29. The minimum absolute atomic E-state index is 0.331. The highest BCUT2D eigenvalue weighted by molar-refractivity contribution is 5.87. The molecule has 0 aromatic heterocycles. The predicted octanol–water partition coefficient (Wildman–Crippen LogP) is 4.26. The fraction of sp³-hybridized carbons (Fsp3) is 0.167. The lowest BCUT2D eigenvalue weighted by Gasteiger charge is -2.11. The lowest BCUT2D eigenvalue weighted by atomic mass is 10.0. The Hall–Kier alpha value is -3.48. The summed E-state index contributed by atoms with van der Waals surface area (Å²) in [7, 11) is 0. The maximum atomic E-state index is 10.2. The smallest absolute Gasteiger partial charge is 0.335 e. The van der Waals surface area contributed by atoms with Crippen molar-refractivity contribution in [3.05, 3.63) is 108 Å². The number of aliphatic hydroxyl groups excluding tert-OH is 2. The van der Waals surface area contributed by atoms with E-state index < -0.39 is 24.1 Å². The van der Waals surface area contributed by atoms with Crippen LogP contribution in [0.15, 0.2) is 91.0 Å². The summed E-state index contributed by atoms with van der Waals surface area (Å²) in [6.45, 7) is 1.67. The van der Waals surface area contributed by atoms with Crippen molar-refractivity contribution in [2.45, 2.75) is 25.6 Å². The van der Waals surface area contributed by atoms with E-state index in [9.17, 15) is 14.7 Å². The van der Waals surface area contributed by atoms with Crippen molar-refractivity contribution < 1.29 is 30.0 Å². The topological polar surface area (TPSA) is 115 Å². The van der Waals surface area contributed by atoms with E-state index in [1.165, 1.54) is 0 Å². The van der Waals surface area contributed by atoms with E-state index in [0.29, 0.717) is 17.5 Å². The molecule has 0 spiro atoms. The molecule has 0 saturated heterocycles. The van der Waals surface area contributed by atoms with Crippen LogP contribution >= 0.6 is 0 Å². The molecule has 2 unspecified atom stereocenters. The van der Waals surface area contributed by atoms with E-state index in [0.717, 1.165) is 5.56 Å². The third-order valence-corrected chi connectivity index (χ3v) is 3.79. The number of hydrogen-bond donors (Lipinski definition) is 4. The Morgan fingerprint density at radius 2 is 1.00 bits per heavy atom. The van der Waals surface area contributed by atoms with Gasteiger partial charge in [0.1, 0.15) is 0 Å². The summed E-state index contributed by atoms with van der Waals surface area (Å²) in [6.07, 6.45) is -0.615. The first-order valence-electron chi connectivity index (χ1n) is 9.29. The molecule has 4 N–H and O–H groups in total. The van der Waals surface area contributed by atoms with E-state index in [1.54, 1.807) is 67.6 Å². The van der Waals surface area contributed by atoms with Crippen LogP contribution in [0.4, 0.5) is 0 Å². The Kier molecular flexibility index (Phi) is 11.2. The molecule has 0 fully saturated rings. The van der Waals surface area contributed by atoms with Crippen LogP contribution in [-0.4, -0.2) is 38.5 Å². The van der Waals surface area contributed by atoms with Gasteiger partial charge in [-0.2, -0.15) is 0 Å². The van der Waals surface area contributed by atoms with Crippen molar-refractivity contribution in [1.29, 1.82) is 0 Å². The number of carboxylic acid groups (broad SMARTS) is 2. The summed E-state index contributed by atoms with van der Waals surface area (Å²) in [6, 6.07) is 26.0. The van der Waals surface area contributed by atoms with Crippen LogP contribution in [0.5, 0.6) is 0 Å². The average molecular weight is 410 g/mol. The summed E-state index contributed by atoms with van der Waals surface area (Å²) < 4.78 is 0. The number of carboxylic acids is 2. The van der Waals surface area contributed by atoms with Gasteiger partial charge in [-0.05, 0) is 36.8 Å². The molecule has 0 aliphatic carbocycles. The van der Waals surface area contributed by atoms with Gasteiger partial charge in [-0.3, -0.25) is 0 Å². The third-order valence-electron chi connectivity index (χ3n) is 3.79. The summed E-state index contributed by atoms with van der Waals surface area (Å²) in [5, 5.41) is 35.3. The van der Waals surface area contributed by atoms with Crippen LogP contribution in [0.2, 0.25) is 0 Å². The molecule has 6 nitrogen and oxygen atoms in total. The fourth-order valence-corrected chi connectivity index (χ4v) is 2.30. The van der Waals surface area contributed by atoms with E-state index in [-0.39, 0.29) is 0 Å². The Morgan fingerprint density at radius 1 is 0.667 bits per heavy atom. The van der Waals surface area contributed by atoms with Crippen molar-refractivity contribution >= 4 is 11.9 Å². The number of aliphatic hydroxyl groups is 2. The molecular weight excluding hydrogens is 384 g/mol.